The maximum absolute atomic E-state index is 12.6. The molecule has 2 N–H and O–H groups in total. The van der Waals surface area contributed by atoms with Crippen LogP contribution in [0.15, 0.2) is 67.4 Å². The average molecular weight is 390 g/mol. The minimum Gasteiger partial charge on any atom is -0.365 e. The third-order valence-electron chi connectivity index (χ3n) is 2.88. The zero-order valence-corrected chi connectivity index (χ0v) is 15.9. The van der Waals surface area contributed by atoms with Crippen molar-refractivity contribution < 1.29 is 9.18 Å². The number of halogens is 2. The van der Waals surface area contributed by atoms with E-state index in [-0.39, 0.29) is 12.5 Å². The molecule has 0 unspecified atom stereocenters. The molecule has 2 rings (SSSR count). The van der Waals surface area contributed by atoms with Crippen LogP contribution in [-0.4, -0.2) is 27.4 Å². The lowest BCUT2D eigenvalue weighted by molar-refractivity contribution is 0.102. The molecule has 142 valence electrons. The maximum Gasteiger partial charge on any atom is 0.261 e. The van der Waals surface area contributed by atoms with Crippen LogP contribution in [0.2, 0.25) is 5.02 Å². The van der Waals surface area contributed by atoms with Crippen molar-refractivity contribution in [3.05, 3.63) is 78.0 Å². The molecule has 8 heteroatoms. The van der Waals surface area contributed by atoms with Crippen LogP contribution in [0.3, 0.4) is 0 Å². The molecular weight excluding hydrogens is 369 g/mol. The highest BCUT2D eigenvalue weighted by molar-refractivity contribution is 6.30. The average Bonchev–Trinajstić information content (AvgIpc) is 2.68. The van der Waals surface area contributed by atoms with Crippen LogP contribution in [0, 0.1) is 0 Å². The molecule has 0 atom stereocenters. The summed E-state index contributed by atoms with van der Waals surface area (Å²) in [5, 5.41) is 5.90. The summed E-state index contributed by atoms with van der Waals surface area (Å²) in [5.41, 5.74) is 0.893. The summed E-state index contributed by atoms with van der Waals surface area (Å²) in [5.74, 6) is -0.529. The fourth-order valence-electron chi connectivity index (χ4n) is 1.74. The second-order valence-electron chi connectivity index (χ2n) is 4.87. The first-order chi connectivity index (χ1) is 13.0. The van der Waals surface area contributed by atoms with Crippen LogP contribution in [0.1, 0.15) is 24.2 Å². The Morgan fingerprint density at radius 1 is 1.22 bits per heavy atom. The number of anilines is 2. The van der Waals surface area contributed by atoms with Crippen LogP contribution in [0.5, 0.6) is 0 Å². The zero-order valence-electron chi connectivity index (χ0n) is 15.2. The van der Waals surface area contributed by atoms with Gasteiger partial charge < -0.3 is 5.32 Å². The van der Waals surface area contributed by atoms with Gasteiger partial charge in [-0.15, -0.1) is 0 Å². The van der Waals surface area contributed by atoms with Crippen LogP contribution in [0.25, 0.3) is 0 Å². The van der Waals surface area contributed by atoms with Crippen LogP contribution >= 0.6 is 11.6 Å². The van der Waals surface area contributed by atoms with Gasteiger partial charge in [0.2, 0.25) is 5.95 Å². The molecule has 0 aromatic carbocycles. The summed E-state index contributed by atoms with van der Waals surface area (Å²) in [6.45, 7) is 11.2. The highest BCUT2D eigenvalue weighted by Crippen LogP contribution is 2.14. The van der Waals surface area contributed by atoms with Gasteiger partial charge in [-0.1, -0.05) is 44.7 Å². The van der Waals surface area contributed by atoms with Crippen molar-refractivity contribution in [3.8, 4) is 0 Å². The number of carbonyl (C=O) groups is 1. The number of hydrogen-bond donors (Lipinski definition) is 2. The smallest absolute Gasteiger partial charge is 0.261 e. The fraction of sp³-hybridized carbons (Fsp3) is 0.158. The van der Waals surface area contributed by atoms with E-state index < -0.39 is 11.7 Å². The van der Waals surface area contributed by atoms with Gasteiger partial charge in [-0.25, -0.2) is 19.3 Å². The molecular formula is C19H21ClFN5O. The molecule has 0 aliphatic rings. The highest BCUT2D eigenvalue weighted by Gasteiger charge is 2.13. The largest absolute Gasteiger partial charge is 0.365 e. The van der Waals surface area contributed by atoms with E-state index in [0.717, 1.165) is 0 Å². The Hall–Kier alpha value is -3.06. The molecule has 1 amide bonds. The van der Waals surface area contributed by atoms with Crippen molar-refractivity contribution in [3.63, 3.8) is 0 Å². The Morgan fingerprint density at radius 2 is 1.89 bits per heavy atom. The van der Waals surface area contributed by atoms with Gasteiger partial charge in [0.05, 0.1) is 23.0 Å². The topological polar surface area (TPSA) is 79.8 Å². The number of amides is 1. The number of carbonyl (C=O) groups excluding carboxylic acids is 1. The number of aromatic nitrogens is 3. The molecule has 0 radical (unpaired) electrons. The van der Waals surface area contributed by atoms with Crippen molar-refractivity contribution in [1.82, 2.24) is 15.0 Å². The summed E-state index contributed by atoms with van der Waals surface area (Å²) in [7, 11) is 0. The van der Waals surface area contributed by atoms with Crippen molar-refractivity contribution in [1.29, 1.82) is 0 Å². The molecule has 0 saturated carbocycles. The van der Waals surface area contributed by atoms with Crippen LogP contribution < -0.4 is 10.6 Å². The third kappa shape index (κ3) is 7.79. The van der Waals surface area contributed by atoms with E-state index in [2.05, 4.69) is 38.7 Å². The molecule has 2 aromatic rings. The summed E-state index contributed by atoms with van der Waals surface area (Å²) in [6.07, 6.45) is 6.98. The number of hydrogen-bond acceptors (Lipinski definition) is 5. The molecule has 0 bridgehead atoms. The minimum absolute atomic E-state index is 0.123. The number of rotatable bonds is 7. The summed E-state index contributed by atoms with van der Waals surface area (Å²) >= 11 is 5.71. The quantitative estimate of drug-likeness (QED) is 0.664. The molecule has 0 spiro atoms. The molecule has 6 nitrogen and oxygen atoms in total. The van der Waals surface area contributed by atoms with Gasteiger partial charge in [0.1, 0.15) is 11.6 Å². The van der Waals surface area contributed by atoms with Gasteiger partial charge in [-0.3, -0.25) is 10.1 Å². The van der Waals surface area contributed by atoms with E-state index in [1.54, 1.807) is 18.3 Å². The van der Waals surface area contributed by atoms with E-state index in [4.69, 9.17) is 11.6 Å². The molecule has 2 heterocycles. The predicted molar refractivity (Wildman–Crippen MR) is 108 cm³/mol. The van der Waals surface area contributed by atoms with Crippen molar-refractivity contribution in [2.24, 2.45) is 0 Å². The first-order valence-electron chi connectivity index (χ1n) is 8.14. The number of pyridine rings is 1. The van der Waals surface area contributed by atoms with Gasteiger partial charge in [0, 0.05) is 12.7 Å². The summed E-state index contributed by atoms with van der Waals surface area (Å²) in [6, 6.07) is 3.23. The Balaban J connectivity index is 0.00000176. The first-order valence-corrected chi connectivity index (χ1v) is 8.51. The van der Waals surface area contributed by atoms with E-state index in [9.17, 15) is 9.18 Å². The molecule has 0 aliphatic heterocycles. The fourth-order valence-corrected chi connectivity index (χ4v) is 1.84. The number of nitrogens with zero attached hydrogens (tertiary/aromatic N) is 3. The zero-order chi connectivity index (χ0) is 20.2. The van der Waals surface area contributed by atoms with E-state index >= 15 is 0 Å². The first kappa shape index (κ1) is 22.0. The summed E-state index contributed by atoms with van der Waals surface area (Å²) < 4.78 is 12.6. The van der Waals surface area contributed by atoms with Gasteiger partial charge in [0.25, 0.3) is 5.91 Å². The van der Waals surface area contributed by atoms with E-state index in [1.807, 2.05) is 13.8 Å². The van der Waals surface area contributed by atoms with Crippen LogP contribution in [-0.2, 0) is 0 Å². The Kier molecular flexibility index (Phi) is 9.39. The van der Waals surface area contributed by atoms with E-state index in [1.165, 1.54) is 24.5 Å². The Labute approximate surface area is 162 Å². The number of nitrogens with one attached hydrogen (secondary N) is 2. The molecule has 0 aliphatic carbocycles. The van der Waals surface area contributed by atoms with Crippen molar-refractivity contribution in [2.45, 2.75) is 13.8 Å². The second-order valence-corrected chi connectivity index (χ2v) is 5.31. The maximum atomic E-state index is 12.6. The lowest BCUT2D eigenvalue weighted by atomic mass is 10.2. The van der Waals surface area contributed by atoms with E-state index in [0.29, 0.717) is 22.0 Å². The van der Waals surface area contributed by atoms with Crippen molar-refractivity contribution in [2.75, 3.05) is 17.2 Å². The molecule has 0 fully saturated rings. The standard InChI is InChI=1S/C17H15ClFN5O.C2H6/c1-11(5-6-12(2)19)8-21-15-14(4-3-7-20-15)16(25)24-17-22-9-13(18)10-23-17;1-2/h3-7,9-10H,1-2,8H2,(H,20,21)(H,22,23,24,25);1-2H3/b6-5-;. The van der Waals surface area contributed by atoms with Crippen LogP contribution in [0.4, 0.5) is 16.2 Å². The van der Waals surface area contributed by atoms with Gasteiger partial charge in [-0.2, -0.15) is 0 Å². The Bertz CT molecular complexity index is 821. The molecule has 0 saturated heterocycles. The number of allylic oxidation sites excluding steroid dienone is 2. The minimum atomic E-state index is -0.568. The summed E-state index contributed by atoms with van der Waals surface area (Å²) in [4.78, 5) is 24.3. The molecule has 27 heavy (non-hydrogen) atoms. The normalized spacial score (nSPS) is 9.93. The monoisotopic (exact) mass is 389 g/mol. The molecule has 2 aromatic heterocycles. The second kappa shape index (κ2) is 11.5. The van der Waals surface area contributed by atoms with Gasteiger partial charge in [-0.05, 0) is 23.8 Å². The highest BCUT2D eigenvalue weighted by atomic mass is 35.5. The van der Waals surface area contributed by atoms with Gasteiger partial charge in [0.15, 0.2) is 0 Å². The predicted octanol–water partition coefficient (Wildman–Crippen LogP) is 4.81. The lowest BCUT2D eigenvalue weighted by Crippen LogP contribution is -2.17. The van der Waals surface area contributed by atoms with Crippen molar-refractivity contribution >= 4 is 29.3 Å². The SMILES string of the molecule is C=C(F)/C=C\C(=C)CNc1ncccc1C(=O)Nc1ncc(Cl)cn1.CC. The lowest BCUT2D eigenvalue weighted by Gasteiger charge is -2.10. The third-order valence-corrected chi connectivity index (χ3v) is 3.08. The Morgan fingerprint density at radius 3 is 2.52 bits per heavy atom. The van der Waals surface area contributed by atoms with Gasteiger partial charge >= 0.3 is 0 Å².